The third-order valence-corrected chi connectivity index (χ3v) is 6.25. The first kappa shape index (κ1) is 18.5. The maximum atomic E-state index is 12.2. The molecule has 6 heteroatoms. The minimum atomic E-state index is -3.91. The van der Waals surface area contributed by atoms with Crippen molar-refractivity contribution >= 4 is 32.5 Å². The van der Waals surface area contributed by atoms with Gasteiger partial charge in [-0.2, -0.15) is 8.42 Å². The molecule has 0 aromatic heterocycles. The molecule has 4 nitrogen and oxygen atoms in total. The molecule has 0 amide bonds. The highest BCUT2D eigenvalue weighted by Crippen LogP contribution is 2.35. The molecule has 0 saturated heterocycles. The first-order valence-corrected chi connectivity index (χ1v) is 10.3. The van der Waals surface area contributed by atoms with Gasteiger partial charge in [0.1, 0.15) is 9.94 Å². The molecule has 0 fully saturated rings. The van der Waals surface area contributed by atoms with Gasteiger partial charge in [0.15, 0.2) is 0 Å². The van der Waals surface area contributed by atoms with E-state index in [4.69, 9.17) is 4.28 Å². The van der Waals surface area contributed by atoms with Crippen LogP contribution in [0.3, 0.4) is 0 Å². The van der Waals surface area contributed by atoms with Gasteiger partial charge in [-0.25, -0.2) is 0 Å². The van der Waals surface area contributed by atoms with Crippen molar-refractivity contribution in [3.63, 3.8) is 0 Å². The van der Waals surface area contributed by atoms with E-state index in [1.807, 2.05) is 32.1 Å². The van der Waals surface area contributed by atoms with Gasteiger partial charge in [-0.05, 0) is 61.8 Å². The van der Waals surface area contributed by atoms with Crippen LogP contribution in [-0.2, 0) is 14.4 Å². The van der Waals surface area contributed by atoms with Gasteiger partial charge >= 0.3 is 10.1 Å². The Morgan fingerprint density at radius 3 is 2.38 bits per heavy atom. The van der Waals surface area contributed by atoms with E-state index in [-0.39, 0.29) is 4.90 Å². The van der Waals surface area contributed by atoms with Gasteiger partial charge < -0.3 is 0 Å². The van der Waals surface area contributed by atoms with Crippen molar-refractivity contribution < 1.29 is 12.7 Å². The number of nitrogens with zero attached hydrogens (tertiary/aromatic N) is 1. The molecule has 0 radical (unpaired) electrons. The average molecular weight is 386 g/mol. The highest BCUT2D eigenvalue weighted by atomic mass is 32.2. The molecule has 26 heavy (non-hydrogen) atoms. The molecule has 0 spiro atoms. The first-order chi connectivity index (χ1) is 12.4. The summed E-state index contributed by atoms with van der Waals surface area (Å²) in [6, 6.07) is 14.6. The molecule has 1 aliphatic rings. The fourth-order valence-corrected chi connectivity index (χ4v) is 4.15. The number of hydrogen-bond donors (Lipinski definition) is 0. The monoisotopic (exact) mass is 385 g/mol. The van der Waals surface area contributed by atoms with Gasteiger partial charge in [-0.3, -0.25) is 4.28 Å². The molecule has 3 rings (SSSR count). The second-order valence-electron chi connectivity index (χ2n) is 6.01. The quantitative estimate of drug-likeness (QED) is 0.691. The Bertz CT molecular complexity index is 1020. The lowest BCUT2D eigenvalue weighted by molar-refractivity contribution is 0.340. The smallest absolute Gasteiger partial charge is 0.264 e. The molecule has 0 unspecified atom stereocenters. The summed E-state index contributed by atoms with van der Waals surface area (Å²) < 4.78 is 29.3. The molecule has 0 atom stereocenters. The third-order valence-electron chi connectivity index (χ3n) is 4.05. The molecule has 2 aromatic rings. The standard InChI is InChI=1S/C20H19NO3S2/c1-14-8-10-17(11-9-14)26(22,23)24-21-20-13-12-19(25-20)16(3)18-7-5-4-6-15(18)2/h4-13H,1-3H3/b19-16-,21-20+. The molecule has 2 aromatic carbocycles. The van der Waals surface area contributed by atoms with Crippen molar-refractivity contribution in [2.45, 2.75) is 25.7 Å². The van der Waals surface area contributed by atoms with Crippen LogP contribution >= 0.6 is 11.8 Å². The lowest BCUT2D eigenvalue weighted by atomic mass is 10.0. The fraction of sp³-hybridized carbons (Fsp3) is 0.150. The summed E-state index contributed by atoms with van der Waals surface area (Å²) in [6.45, 7) is 6.00. The van der Waals surface area contributed by atoms with Crippen molar-refractivity contribution in [3.05, 3.63) is 82.3 Å². The minimum Gasteiger partial charge on any atom is -0.264 e. The fourth-order valence-electron chi connectivity index (χ4n) is 2.54. The van der Waals surface area contributed by atoms with Crippen molar-refractivity contribution in [1.29, 1.82) is 0 Å². The van der Waals surface area contributed by atoms with Crippen LogP contribution in [0.1, 0.15) is 23.6 Å². The highest BCUT2D eigenvalue weighted by Gasteiger charge is 2.18. The second-order valence-corrected chi connectivity index (χ2v) is 8.60. The summed E-state index contributed by atoms with van der Waals surface area (Å²) in [4.78, 5) is 1.11. The number of hydrogen-bond acceptors (Lipinski definition) is 5. The van der Waals surface area contributed by atoms with E-state index in [1.54, 1.807) is 18.2 Å². The minimum absolute atomic E-state index is 0.0892. The van der Waals surface area contributed by atoms with Crippen LogP contribution in [0.15, 0.2) is 75.6 Å². The SMILES string of the molecule is C/C(=C1C=C/C(=N\OS(=O)(=O)c2ccc(C)cc2)S\1)c1ccccc1C. The van der Waals surface area contributed by atoms with E-state index < -0.39 is 10.1 Å². The Morgan fingerprint density at radius 1 is 1.00 bits per heavy atom. The molecule has 1 heterocycles. The van der Waals surface area contributed by atoms with Crippen molar-refractivity contribution in [3.8, 4) is 0 Å². The lowest BCUT2D eigenvalue weighted by Crippen LogP contribution is -2.03. The lowest BCUT2D eigenvalue weighted by Gasteiger charge is -2.08. The summed E-state index contributed by atoms with van der Waals surface area (Å²) in [5, 5.41) is 4.32. The van der Waals surface area contributed by atoms with Gasteiger partial charge in [0.2, 0.25) is 0 Å². The molecule has 1 aliphatic heterocycles. The van der Waals surface area contributed by atoms with E-state index >= 15 is 0 Å². The second kappa shape index (κ2) is 7.51. The van der Waals surface area contributed by atoms with Gasteiger partial charge in [-0.15, -0.1) is 0 Å². The zero-order chi connectivity index (χ0) is 18.7. The summed E-state index contributed by atoms with van der Waals surface area (Å²) in [6.07, 6.45) is 3.68. The number of thioether (sulfide) groups is 1. The van der Waals surface area contributed by atoms with E-state index in [0.717, 1.165) is 21.6 Å². The predicted molar refractivity (Wildman–Crippen MR) is 107 cm³/mol. The van der Waals surface area contributed by atoms with Crippen molar-refractivity contribution in [2.75, 3.05) is 0 Å². The number of aryl methyl sites for hydroxylation is 2. The van der Waals surface area contributed by atoms with Gasteiger partial charge in [0.25, 0.3) is 0 Å². The van der Waals surface area contributed by atoms with E-state index in [1.165, 1.54) is 29.5 Å². The number of benzene rings is 2. The van der Waals surface area contributed by atoms with Crippen LogP contribution in [-0.4, -0.2) is 13.5 Å². The maximum Gasteiger partial charge on any atom is 0.358 e. The predicted octanol–water partition coefficient (Wildman–Crippen LogP) is 5.06. The zero-order valence-electron chi connectivity index (χ0n) is 14.8. The summed E-state index contributed by atoms with van der Waals surface area (Å²) in [7, 11) is -3.91. The Balaban J connectivity index is 1.77. The maximum absolute atomic E-state index is 12.2. The molecular weight excluding hydrogens is 366 g/mol. The van der Waals surface area contributed by atoms with Gasteiger partial charge in [-0.1, -0.05) is 58.9 Å². The summed E-state index contributed by atoms with van der Waals surface area (Å²) >= 11 is 1.39. The molecule has 0 N–H and O–H groups in total. The molecule has 134 valence electrons. The third kappa shape index (κ3) is 4.08. The van der Waals surface area contributed by atoms with E-state index in [0.29, 0.717) is 5.04 Å². The number of allylic oxidation sites excluding steroid dienone is 2. The molecular formula is C20H19NO3S2. The van der Waals surface area contributed by atoms with Crippen LogP contribution in [0.25, 0.3) is 5.57 Å². The van der Waals surface area contributed by atoms with Gasteiger partial charge in [0, 0.05) is 4.91 Å². The Morgan fingerprint density at radius 2 is 1.69 bits per heavy atom. The van der Waals surface area contributed by atoms with Crippen LogP contribution in [0.4, 0.5) is 0 Å². The normalized spacial score (nSPS) is 17.6. The van der Waals surface area contributed by atoms with Crippen LogP contribution < -0.4 is 0 Å². The van der Waals surface area contributed by atoms with E-state index in [2.05, 4.69) is 24.2 Å². The zero-order valence-corrected chi connectivity index (χ0v) is 16.4. The Hall–Kier alpha value is -2.31. The Labute approximate surface area is 158 Å². The van der Waals surface area contributed by atoms with E-state index in [9.17, 15) is 8.42 Å². The molecule has 0 aliphatic carbocycles. The largest absolute Gasteiger partial charge is 0.358 e. The van der Waals surface area contributed by atoms with Crippen LogP contribution in [0.2, 0.25) is 0 Å². The number of rotatable bonds is 4. The first-order valence-electron chi connectivity index (χ1n) is 8.08. The van der Waals surface area contributed by atoms with Crippen molar-refractivity contribution in [2.24, 2.45) is 5.16 Å². The van der Waals surface area contributed by atoms with Gasteiger partial charge in [0.05, 0.1) is 0 Å². The van der Waals surface area contributed by atoms with Crippen LogP contribution in [0.5, 0.6) is 0 Å². The average Bonchev–Trinajstić information content (AvgIpc) is 3.09. The highest BCUT2D eigenvalue weighted by molar-refractivity contribution is 8.18. The molecule has 0 saturated carbocycles. The topological polar surface area (TPSA) is 55.7 Å². The number of oxime groups is 1. The summed E-state index contributed by atoms with van der Waals surface area (Å²) in [5.41, 5.74) is 4.45. The molecule has 0 bridgehead atoms. The Kier molecular flexibility index (Phi) is 5.34. The van der Waals surface area contributed by atoms with Crippen LogP contribution in [0, 0.1) is 13.8 Å². The summed E-state index contributed by atoms with van der Waals surface area (Å²) in [5.74, 6) is 0. The van der Waals surface area contributed by atoms with Crippen molar-refractivity contribution in [1.82, 2.24) is 0 Å².